The van der Waals surface area contributed by atoms with Gasteiger partial charge in [0.25, 0.3) is 0 Å². The van der Waals surface area contributed by atoms with Crippen LogP contribution in [0.3, 0.4) is 0 Å². The Morgan fingerprint density at radius 3 is 2.79 bits per heavy atom. The van der Waals surface area contributed by atoms with Gasteiger partial charge in [-0.05, 0) is 31.5 Å². The zero-order chi connectivity index (χ0) is 13.4. The van der Waals surface area contributed by atoms with Crippen LogP contribution in [0.15, 0.2) is 18.2 Å². The molecule has 0 aliphatic carbocycles. The van der Waals surface area contributed by atoms with Crippen molar-refractivity contribution in [1.29, 1.82) is 0 Å². The minimum absolute atomic E-state index is 0.356. The highest BCUT2D eigenvalue weighted by Gasteiger charge is 2.37. The lowest BCUT2D eigenvalue weighted by Gasteiger charge is -2.34. The Morgan fingerprint density at radius 1 is 1.32 bits per heavy atom. The van der Waals surface area contributed by atoms with E-state index in [1.165, 1.54) is 6.07 Å². The molecule has 2 saturated heterocycles. The van der Waals surface area contributed by atoms with Gasteiger partial charge in [0.15, 0.2) is 5.78 Å². The normalized spacial score (nSPS) is 27.3. The molecule has 3 rings (SSSR count). The molecule has 5 heteroatoms. The topological polar surface area (TPSA) is 29.5 Å². The lowest BCUT2D eigenvalue weighted by Crippen LogP contribution is -2.49. The zero-order valence-electron chi connectivity index (χ0n) is 10.4. The monoisotopic (exact) mass is 267 g/mol. The summed E-state index contributed by atoms with van der Waals surface area (Å²) in [4.78, 5) is 14.4. The third-order valence-corrected chi connectivity index (χ3v) is 3.89. The Balaban J connectivity index is 1.81. The predicted molar refractivity (Wildman–Crippen MR) is 65.0 cm³/mol. The Labute approximate surface area is 110 Å². The van der Waals surface area contributed by atoms with Crippen LogP contribution >= 0.6 is 0 Å². The third-order valence-electron chi connectivity index (χ3n) is 3.89. The van der Waals surface area contributed by atoms with E-state index in [0.717, 1.165) is 31.5 Å². The van der Waals surface area contributed by atoms with Crippen molar-refractivity contribution in [1.82, 2.24) is 4.90 Å². The number of halogens is 2. The first kappa shape index (κ1) is 12.7. The predicted octanol–water partition coefficient (Wildman–Crippen LogP) is 2.01. The van der Waals surface area contributed by atoms with Crippen molar-refractivity contribution in [2.45, 2.75) is 25.0 Å². The number of ether oxygens (including phenoxy) is 1. The smallest absolute Gasteiger partial charge is 0.198 e. The van der Waals surface area contributed by atoms with Crippen LogP contribution < -0.4 is 0 Å². The summed E-state index contributed by atoms with van der Waals surface area (Å²) >= 11 is 0. The molecule has 2 unspecified atom stereocenters. The molecule has 1 aromatic rings. The minimum atomic E-state index is -0.822. The minimum Gasteiger partial charge on any atom is -0.367 e. The first-order valence-electron chi connectivity index (χ1n) is 6.50. The standard InChI is InChI=1S/C14H15F2NO2/c15-10-4-1-5-11(16)13(10)14(18)12-7-17-6-2-3-9(17)8-19-12/h1,4-5,9,12H,2-3,6-8H2. The van der Waals surface area contributed by atoms with E-state index in [1.54, 1.807) is 0 Å². The van der Waals surface area contributed by atoms with Crippen molar-refractivity contribution < 1.29 is 18.3 Å². The molecule has 3 nitrogen and oxygen atoms in total. The van der Waals surface area contributed by atoms with Crippen molar-refractivity contribution in [2.24, 2.45) is 0 Å². The highest BCUT2D eigenvalue weighted by atomic mass is 19.1. The van der Waals surface area contributed by atoms with E-state index in [0.29, 0.717) is 19.2 Å². The summed E-state index contributed by atoms with van der Waals surface area (Å²) in [5, 5.41) is 0. The fourth-order valence-corrected chi connectivity index (χ4v) is 2.87. The fraction of sp³-hybridized carbons (Fsp3) is 0.500. The van der Waals surface area contributed by atoms with Crippen molar-refractivity contribution in [3.8, 4) is 0 Å². The van der Waals surface area contributed by atoms with Gasteiger partial charge in [-0.3, -0.25) is 9.69 Å². The largest absolute Gasteiger partial charge is 0.367 e. The van der Waals surface area contributed by atoms with Crippen molar-refractivity contribution >= 4 is 5.78 Å². The Hall–Kier alpha value is -1.33. The second-order valence-corrected chi connectivity index (χ2v) is 5.07. The Morgan fingerprint density at radius 2 is 2.05 bits per heavy atom. The fourth-order valence-electron chi connectivity index (χ4n) is 2.87. The van der Waals surface area contributed by atoms with Gasteiger partial charge in [-0.2, -0.15) is 0 Å². The second-order valence-electron chi connectivity index (χ2n) is 5.07. The lowest BCUT2D eigenvalue weighted by atomic mass is 10.0. The maximum atomic E-state index is 13.6. The van der Waals surface area contributed by atoms with Gasteiger partial charge in [0.05, 0.1) is 12.2 Å². The van der Waals surface area contributed by atoms with Crippen molar-refractivity contribution in [3.63, 3.8) is 0 Å². The molecule has 2 aliphatic rings. The lowest BCUT2D eigenvalue weighted by molar-refractivity contribution is -0.0347. The number of carbonyl (C=O) groups excluding carboxylic acids is 1. The van der Waals surface area contributed by atoms with Gasteiger partial charge >= 0.3 is 0 Å². The van der Waals surface area contributed by atoms with Gasteiger partial charge < -0.3 is 4.74 Å². The van der Waals surface area contributed by atoms with E-state index in [9.17, 15) is 13.6 Å². The Bertz CT molecular complexity index is 486. The molecule has 0 saturated carbocycles. The first-order valence-corrected chi connectivity index (χ1v) is 6.50. The SMILES string of the molecule is O=C(c1c(F)cccc1F)C1CN2CCCC2CO1. The number of hydrogen-bond donors (Lipinski definition) is 0. The van der Waals surface area contributed by atoms with Gasteiger partial charge in [0.1, 0.15) is 17.7 Å². The number of fused-ring (bicyclic) bond motifs is 1. The number of hydrogen-bond acceptors (Lipinski definition) is 3. The number of benzene rings is 1. The van der Waals surface area contributed by atoms with Crippen LogP contribution in [0.25, 0.3) is 0 Å². The summed E-state index contributed by atoms with van der Waals surface area (Å²) < 4.78 is 32.7. The molecule has 0 spiro atoms. The van der Waals surface area contributed by atoms with Crippen LogP contribution in [0, 0.1) is 11.6 Å². The summed E-state index contributed by atoms with van der Waals surface area (Å²) in [7, 11) is 0. The van der Waals surface area contributed by atoms with Crippen LogP contribution in [-0.4, -0.2) is 42.5 Å². The summed E-state index contributed by atoms with van der Waals surface area (Å²) in [6, 6.07) is 3.80. The molecule has 2 fully saturated rings. The van der Waals surface area contributed by atoms with E-state index in [1.807, 2.05) is 0 Å². The van der Waals surface area contributed by atoms with Crippen LogP contribution in [0.4, 0.5) is 8.78 Å². The Kier molecular flexibility index (Phi) is 3.33. The average Bonchev–Trinajstić information content (AvgIpc) is 2.85. The highest BCUT2D eigenvalue weighted by molar-refractivity contribution is 6.00. The molecule has 0 radical (unpaired) electrons. The summed E-state index contributed by atoms with van der Waals surface area (Å²) in [6.45, 7) is 1.82. The summed E-state index contributed by atoms with van der Waals surface area (Å²) in [5.41, 5.74) is -0.481. The zero-order valence-corrected chi connectivity index (χ0v) is 10.4. The van der Waals surface area contributed by atoms with Crippen molar-refractivity contribution in [2.75, 3.05) is 19.7 Å². The molecular formula is C14H15F2NO2. The molecule has 0 N–H and O–H groups in total. The quantitative estimate of drug-likeness (QED) is 0.768. The van der Waals surface area contributed by atoms with E-state index in [4.69, 9.17) is 4.74 Å². The van der Waals surface area contributed by atoms with Crippen LogP contribution in [0.2, 0.25) is 0 Å². The van der Waals surface area contributed by atoms with E-state index < -0.39 is 29.1 Å². The summed E-state index contributed by atoms with van der Waals surface area (Å²) in [5.74, 6) is -2.24. The number of ketones is 1. The molecule has 0 aromatic heterocycles. The van der Waals surface area contributed by atoms with Gasteiger partial charge in [0, 0.05) is 12.6 Å². The second kappa shape index (κ2) is 4.98. The number of nitrogens with zero attached hydrogens (tertiary/aromatic N) is 1. The van der Waals surface area contributed by atoms with E-state index in [2.05, 4.69) is 4.90 Å². The molecule has 102 valence electrons. The highest BCUT2D eigenvalue weighted by Crippen LogP contribution is 2.25. The van der Waals surface area contributed by atoms with Crippen LogP contribution in [0.1, 0.15) is 23.2 Å². The van der Waals surface area contributed by atoms with E-state index >= 15 is 0 Å². The number of rotatable bonds is 2. The van der Waals surface area contributed by atoms with Crippen LogP contribution in [-0.2, 0) is 4.74 Å². The first-order chi connectivity index (χ1) is 9.16. The maximum Gasteiger partial charge on any atom is 0.198 e. The molecule has 2 aliphatic heterocycles. The average molecular weight is 267 g/mol. The molecule has 19 heavy (non-hydrogen) atoms. The molecule has 1 aromatic carbocycles. The third kappa shape index (κ3) is 2.28. The van der Waals surface area contributed by atoms with Gasteiger partial charge in [-0.15, -0.1) is 0 Å². The number of Topliss-reactive ketones (excluding diaryl/α,β-unsaturated/α-hetero) is 1. The van der Waals surface area contributed by atoms with E-state index in [-0.39, 0.29) is 0 Å². The van der Waals surface area contributed by atoms with Gasteiger partial charge in [-0.1, -0.05) is 6.07 Å². The van der Waals surface area contributed by atoms with Crippen molar-refractivity contribution in [3.05, 3.63) is 35.4 Å². The molecule has 0 bridgehead atoms. The maximum absolute atomic E-state index is 13.6. The number of morpholine rings is 1. The number of carbonyl (C=O) groups is 1. The molecule has 2 atom stereocenters. The molecule has 0 amide bonds. The van der Waals surface area contributed by atoms with Gasteiger partial charge in [-0.25, -0.2) is 8.78 Å². The molecule has 2 heterocycles. The van der Waals surface area contributed by atoms with Crippen LogP contribution in [0.5, 0.6) is 0 Å². The summed E-state index contributed by atoms with van der Waals surface area (Å²) in [6.07, 6.45) is 1.39. The van der Waals surface area contributed by atoms with Gasteiger partial charge in [0.2, 0.25) is 0 Å². The molecular weight excluding hydrogens is 252 g/mol.